The van der Waals surface area contributed by atoms with Gasteiger partial charge in [-0.2, -0.15) is 0 Å². The second-order valence-corrected chi connectivity index (χ2v) is 6.89. The van der Waals surface area contributed by atoms with Gasteiger partial charge in [-0.1, -0.05) is 48.0 Å². The van der Waals surface area contributed by atoms with Crippen LogP contribution < -0.4 is 10.3 Å². The van der Waals surface area contributed by atoms with Crippen LogP contribution in [0.15, 0.2) is 83.8 Å². The summed E-state index contributed by atoms with van der Waals surface area (Å²) in [5.41, 5.74) is 1.63. The van der Waals surface area contributed by atoms with E-state index in [0.29, 0.717) is 32.8 Å². The summed E-state index contributed by atoms with van der Waals surface area (Å²) in [6.45, 7) is 1.92. The molecule has 0 amide bonds. The Morgan fingerprint density at radius 1 is 0.929 bits per heavy atom. The number of nitrogens with zero attached hydrogens (tertiary/aromatic N) is 1. The Hall–Kier alpha value is -3.37. The standard InChI is InChI=1S/C23H16ClNO3/c1-15-6-4-9-18(12-15)28-23(27)21-14-25(17-8-5-7-16(24)13-17)22(26)20-11-3-2-10-19(20)21/h2-14H,1H3. The first kappa shape index (κ1) is 18.0. The minimum absolute atomic E-state index is 0.232. The number of carbonyl (C=O) groups is 1. The van der Waals surface area contributed by atoms with Crippen molar-refractivity contribution in [2.75, 3.05) is 0 Å². The molecule has 0 fully saturated rings. The topological polar surface area (TPSA) is 48.3 Å². The number of hydrogen-bond acceptors (Lipinski definition) is 3. The number of esters is 1. The van der Waals surface area contributed by atoms with E-state index in [1.165, 1.54) is 10.8 Å². The number of carbonyl (C=O) groups excluding carboxylic acids is 1. The number of aryl methyl sites for hydroxylation is 1. The third-order valence-electron chi connectivity index (χ3n) is 4.43. The number of rotatable bonds is 3. The zero-order valence-corrected chi connectivity index (χ0v) is 15.8. The van der Waals surface area contributed by atoms with E-state index in [1.54, 1.807) is 60.7 Å². The van der Waals surface area contributed by atoms with Gasteiger partial charge in [0, 0.05) is 22.0 Å². The Kier molecular flexibility index (Phi) is 4.72. The molecule has 28 heavy (non-hydrogen) atoms. The van der Waals surface area contributed by atoms with Crippen molar-refractivity contribution in [1.82, 2.24) is 4.57 Å². The van der Waals surface area contributed by atoms with Gasteiger partial charge in [-0.25, -0.2) is 4.79 Å². The second-order valence-electron chi connectivity index (χ2n) is 6.45. The molecule has 0 atom stereocenters. The number of ether oxygens (including phenoxy) is 1. The van der Waals surface area contributed by atoms with Crippen LogP contribution in [0, 0.1) is 6.92 Å². The van der Waals surface area contributed by atoms with Gasteiger partial charge in [-0.3, -0.25) is 9.36 Å². The first-order valence-electron chi connectivity index (χ1n) is 8.72. The van der Waals surface area contributed by atoms with Crippen molar-refractivity contribution in [2.45, 2.75) is 6.92 Å². The summed E-state index contributed by atoms with van der Waals surface area (Å²) < 4.78 is 6.98. The number of benzene rings is 3. The predicted octanol–water partition coefficient (Wildman–Crippen LogP) is 5.17. The van der Waals surface area contributed by atoms with Crippen molar-refractivity contribution in [3.63, 3.8) is 0 Å². The minimum Gasteiger partial charge on any atom is -0.423 e. The van der Waals surface area contributed by atoms with Gasteiger partial charge in [0.1, 0.15) is 5.75 Å². The summed E-state index contributed by atoms with van der Waals surface area (Å²) >= 11 is 6.08. The first-order valence-corrected chi connectivity index (χ1v) is 9.10. The van der Waals surface area contributed by atoms with E-state index in [1.807, 2.05) is 19.1 Å². The molecule has 3 aromatic carbocycles. The molecule has 0 saturated heterocycles. The van der Waals surface area contributed by atoms with Crippen LogP contribution in [0.25, 0.3) is 16.5 Å². The molecule has 0 spiro atoms. The highest BCUT2D eigenvalue weighted by Gasteiger charge is 2.17. The summed E-state index contributed by atoms with van der Waals surface area (Å²) in [4.78, 5) is 25.9. The fourth-order valence-electron chi connectivity index (χ4n) is 3.11. The maximum atomic E-state index is 13.0. The van der Waals surface area contributed by atoms with Crippen LogP contribution in [-0.2, 0) is 0 Å². The van der Waals surface area contributed by atoms with Gasteiger partial charge in [-0.15, -0.1) is 0 Å². The fourth-order valence-corrected chi connectivity index (χ4v) is 3.30. The van der Waals surface area contributed by atoms with E-state index in [2.05, 4.69) is 0 Å². The van der Waals surface area contributed by atoms with Crippen molar-refractivity contribution in [2.24, 2.45) is 0 Å². The van der Waals surface area contributed by atoms with Gasteiger partial charge in [0.25, 0.3) is 5.56 Å². The Morgan fingerprint density at radius 2 is 1.68 bits per heavy atom. The Morgan fingerprint density at radius 3 is 2.43 bits per heavy atom. The van der Waals surface area contributed by atoms with E-state index in [9.17, 15) is 9.59 Å². The zero-order valence-electron chi connectivity index (χ0n) is 15.1. The number of hydrogen-bond donors (Lipinski definition) is 0. The molecule has 0 saturated carbocycles. The number of fused-ring (bicyclic) bond motifs is 1. The van der Waals surface area contributed by atoms with Crippen molar-refractivity contribution >= 4 is 28.3 Å². The molecule has 0 aliphatic carbocycles. The Labute approximate surface area is 166 Å². The van der Waals surface area contributed by atoms with Crippen molar-refractivity contribution in [3.8, 4) is 11.4 Å². The van der Waals surface area contributed by atoms with Gasteiger partial charge in [0.05, 0.1) is 11.3 Å². The number of aromatic nitrogens is 1. The van der Waals surface area contributed by atoms with E-state index < -0.39 is 5.97 Å². The molecule has 0 unspecified atom stereocenters. The highest BCUT2D eigenvalue weighted by molar-refractivity contribution is 6.30. The smallest absolute Gasteiger partial charge is 0.345 e. The maximum absolute atomic E-state index is 13.0. The van der Waals surface area contributed by atoms with Crippen molar-refractivity contribution < 1.29 is 9.53 Å². The van der Waals surface area contributed by atoms with Gasteiger partial charge < -0.3 is 4.74 Å². The maximum Gasteiger partial charge on any atom is 0.345 e. The zero-order chi connectivity index (χ0) is 19.7. The largest absolute Gasteiger partial charge is 0.423 e. The number of pyridine rings is 1. The lowest BCUT2D eigenvalue weighted by Crippen LogP contribution is -2.22. The van der Waals surface area contributed by atoms with Crippen LogP contribution in [-0.4, -0.2) is 10.5 Å². The van der Waals surface area contributed by atoms with Gasteiger partial charge >= 0.3 is 5.97 Å². The summed E-state index contributed by atoms with van der Waals surface area (Å²) in [5, 5.41) is 1.48. The lowest BCUT2D eigenvalue weighted by molar-refractivity contribution is 0.0736. The van der Waals surface area contributed by atoms with Crippen LogP contribution in [0.5, 0.6) is 5.75 Å². The van der Waals surface area contributed by atoms with E-state index >= 15 is 0 Å². The fraction of sp³-hybridized carbons (Fsp3) is 0.0435. The average Bonchev–Trinajstić information content (AvgIpc) is 2.68. The highest BCUT2D eigenvalue weighted by atomic mass is 35.5. The van der Waals surface area contributed by atoms with Crippen LogP contribution in [0.3, 0.4) is 0 Å². The molecule has 0 aliphatic rings. The van der Waals surface area contributed by atoms with Crippen LogP contribution in [0.2, 0.25) is 5.02 Å². The molecule has 4 rings (SSSR count). The van der Waals surface area contributed by atoms with Gasteiger partial charge in [0.2, 0.25) is 0 Å². The molecule has 1 aromatic heterocycles. The quantitative estimate of drug-likeness (QED) is 0.358. The third kappa shape index (κ3) is 3.42. The summed E-state index contributed by atoms with van der Waals surface area (Å²) in [6.07, 6.45) is 1.51. The first-order chi connectivity index (χ1) is 13.5. The van der Waals surface area contributed by atoms with Crippen LogP contribution in [0.4, 0.5) is 0 Å². The Bertz CT molecular complexity index is 1260. The predicted molar refractivity (Wildman–Crippen MR) is 111 cm³/mol. The third-order valence-corrected chi connectivity index (χ3v) is 4.67. The van der Waals surface area contributed by atoms with Gasteiger partial charge in [0.15, 0.2) is 0 Å². The van der Waals surface area contributed by atoms with Crippen LogP contribution in [0.1, 0.15) is 15.9 Å². The highest BCUT2D eigenvalue weighted by Crippen LogP contribution is 2.22. The van der Waals surface area contributed by atoms with E-state index in [-0.39, 0.29) is 5.56 Å². The SMILES string of the molecule is Cc1cccc(OC(=O)c2cn(-c3cccc(Cl)c3)c(=O)c3ccccc23)c1. The normalized spacial score (nSPS) is 10.8. The average molecular weight is 390 g/mol. The molecule has 4 nitrogen and oxygen atoms in total. The minimum atomic E-state index is -0.530. The number of halogens is 1. The van der Waals surface area contributed by atoms with E-state index in [0.717, 1.165) is 5.56 Å². The van der Waals surface area contributed by atoms with Crippen molar-refractivity contribution in [3.05, 3.63) is 105 Å². The molecule has 0 radical (unpaired) electrons. The summed E-state index contributed by atoms with van der Waals surface area (Å²) in [5.74, 6) is -0.0767. The molecule has 0 N–H and O–H groups in total. The summed E-state index contributed by atoms with van der Waals surface area (Å²) in [7, 11) is 0. The molecular weight excluding hydrogens is 374 g/mol. The van der Waals surface area contributed by atoms with Crippen molar-refractivity contribution in [1.29, 1.82) is 0 Å². The lowest BCUT2D eigenvalue weighted by Gasteiger charge is -2.12. The van der Waals surface area contributed by atoms with Gasteiger partial charge in [-0.05, 0) is 48.9 Å². The molecule has 138 valence electrons. The van der Waals surface area contributed by atoms with E-state index in [4.69, 9.17) is 16.3 Å². The monoisotopic (exact) mass is 389 g/mol. The second kappa shape index (κ2) is 7.33. The lowest BCUT2D eigenvalue weighted by atomic mass is 10.1. The molecule has 5 heteroatoms. The summed E-state index contributed by atoms with van der Waals surface area (Å²) in [6, 6.07) is 21.2. The molecular formula is C23H16ClNO3. The Balaban J connectivity index is 1.89. The molecule has 1 heterocycles. The molecule has 0 aliphatic heterocycles. The molecule has 4 aromatic rings. The van der Waals surface area contributed by atoms with Crippen LogP contribution >= 0.6 is 11.6 Å². The molecule has 0 bridgehead atoms.